The smallest absolute Gasteiger partial charge is 0.254 e. The van der Waals surface area contributed by atoms with Crippen molar-refractivity contribution in [1.82, 2.24) is 4.90 Å². The summed E-state index contributed by atoms with van der Waals surface area (Å²) in [4.78, 5) is 33.0. The van der Waals surface area contributed by atoms with Crippen LogP contribution in [0.5, 0.6) is 5.75 Å². The highest BCUT2D eigenvalue weighted by Gasteiger charge is 2.46. The number of anilines is 1. The highest BCUT2D eigenvalue weighted by Crippen LogP contribution is 2.45. The van der Waals surface area contributed by atoms with Gasteiger partial charge in [-0.25, -0.2) is 0 Å². The number of carbonyl (C=O) groups excluding carboxylic acids is 2. The molecular weight excluding hydrogens is 456 g/mol. The fourth-order valence-electron chi connectivity index (χ4n) is 4.88. The molecule has 0 bridgehead atoms. The molecule has 6 heteroatoms. The number of ether oxygens (including phenoxy) is 1. The Hall–Kier alpha value is -3.12. The normalized spacial score (nSPS) is 17.4. The van der Waals surface area contributed by atoms with Crippen LogP contribution in [0.2, 0.25) is 0 Å². The predicted molar refractivity (Wildman–Crippen MR) is 142 cm³/mol. The Morgan fingerprint density at radius 2 is 1.80 bits per heavy atom. The molecule has 2 amide bonds. The SMILES string of the molecule is CCCN(C(=O)C1c2ccccc2C(=O)N(CC(C)C)C1c1cccs1)c1ccc(OCC)cc1. The molecule has 0 aliphatic carbocycles. The van der Waals surface area contributed by atoms with Gasteiger partial charge in [-0.05, 0) is 66.6 Å². The van der Waals surface area contributed by atoms with E-state index in [0.717, 1.165) is 28.3 Å². The van der Waals surface area contributed by atoms with E-state index in [1.54, 1.807) is 11.3 Å². The van der Waals surface area contributed by atoms with Crippen LogP contribution in [0.4, 0.5) is 5.69 Å². The number of nitrogens with zero attached hydrogens (tertiary/aromatic N) is 2. The van der Waals surface area contributed by atoms with E-state index in [9.17, 15) is 9.59 Å². The third-order valence-electron chi connectivity index (χ3n) is 6.27. The largest absolute Gasteiger partial charge is 0.494 e. The van der Waals surface area contributed by atoms with Crippen LogP contribution in [0.1, 0.15) is 66.9 Å². The Morgan fingerprint density at radius 1 is 1.06 bits per heavy atom. The van der Waals surface area contributed by atoms with Crippen LogP contribution in [0.25, 0.3) is 0 Å². The Labute approximate surface area is 212 Å². The molecule has 0 spiro atoms. The van der Waals surface area contributed by atoms with Crippen molar-refractivity contribution in [3.8, 4) is 5.75 Å². The van der Waals surface area contributed by atoms with Crippen LogP contribution >= 0.6 is 11.3 Å². The quantitative estimate of drug-likeness (QED) is 0.343. The molecule has 1 aliphatic rings. The van der Waals surface area contributed by atoms with Gasteiger partial charge in [-0.3, -0.25) is 9.59 Å². The van der Waals surface area contributed by atoms with Crippen molar-refractivity contribution in [2.24, 2.45) is 5.92 Å². The average molecular weight is 491 g/mol. The van der Waals surface area contributed by atoms with E-state index in [2.05, 4.69) is 20.8 Å². The van der Waals surface area contributed by atoms with Gasteiger partial charge in [0.2, 0.25) is 5.91 Å². The molecule has 0 saturated heterocycles. The Bertz CT molecular complexity index is 1140. The molecule has 1 aliphatic heterocycles. The van der Waals surface area contributed by atoms with Crippen LogP contribution in [0, 0.1) is 5.92 Å². The maximum absolute atomic E-state index is 14.5. The maximum Gasteiger partial charge on any atom is 0.254 e. The number of fused-ring (bicyclic) bond motifs is 1. The average Bonchev–Trinajstić information content (AvgIpc) is 3.39. The first-order valence-electron chi connectivity index (χ1n) is 12.4. The Balaban J connectivity index is 1.83. The first-order valence-corrected chi connectivity index (χ1v) is 13.3. The van der Waals surface area contributed by atoms with E-state index in [-0.39, 0.29) is 23.8 Å². The molecule has 0 fully saturated rings. The minimum atomic E-state index is -0.487. The molecule has 2 unspecified atom stereocenters. The monoisotopic (exact) mass is 490 g/mol. The van der Waals surface area contributed by atoms with E-state index < -0.39 is 5.92 Å². The predicted octanol–water partition coefficient (Wildman–Crippen LogP) is 6.53. The zero-order valence-electron chi connectivity index (χ0n) is 20.9. The van der Waals surface area contributed by atoms with Gasteiger partial charge in [0, 0.05) is 29.2 Å². The number of benzene rings is 2. The van der Waals surface area contributed by atoms with Crippen LogP contribution in [-0.2, 0) is 4.79 Å². The van der Waals surface area contributed by atoms with Crippen molar-refractivity contribution < 1.29 is 14.3 Å². The summed E-state index contributed by atoms with van der Waals surface area (Å²) in [6, 6.07) is 19.0. The number of thiophene rings is 1. The highest BCUT2D eigenvalue weighted by atomic mass is 32.1. The minimum absolute atomic E-state index is 0.000131. The molecule has 0 radical (unpaired) electrons. The second-order valence-corrected chi connectivity index (χ2v) is 10.3. The van der Waals surface area contributed by atoms with Gasteiger partial charge in [0.1, 0.15) is 5.75 Å². The van der Waals surface area contributed by atoms with Gasteiger partial charge in [-0.15, -0.1) is 11.3 Å². The standard InChI is InChI=1S/C29H34N2O3S/c1-5-17-30(21-13-15-22(16-14-21)34-6-2)29(33)26-23-10-7-8-11-24(23)28(32)31(19-20(3)4)27(26)25-12-9-18-35-25/h7-16,18,20,26-27H,5-6,17,19H2,1-4H3. The van der Waals surface area contributed by atoms with E-state index in [1.165, 1.54) is 0 Å². The van der Waals surface area contributed by atoms with Gasteiger partial charge >= 0.3 is 0 Å². The van der Waals surface area contributed by atoms with Gasteiger partial charge in [0.15, 0.2) is 0 Å². The first-order chi connectivity index (χ1) is 17.0. The van der Waals surface area contributed by atoms with E-state index in [0.29, 0.717) is 25.3 Å². The van der Waals surface area contributed by atoms with Gasteiger partial charge in [0.25, 0.3) is 5.91 Å². The third-order valence-corrected chi connectivity index (χ3v) is 7.22. The van der Waals surface area contributed by atoms with Gasteiger partial charge in [0.05, 0.1) is 18.6 Å². The first kappa shape index (κ1) is 25.0. The fraction of sp³-hybridized carbons (Fsp3) is 0.379. The molecule has 184 valence electrons. The summed E-state index contributed by atoms with van der Waals surface area (Å²) in [7, 11) is 0. The number of hydrogen-bond acceptors (Lipinski definition) is 4. The summed E-state index contributed by atoms with van der Waals surface area (Å²) in [5.74, 6) is 0.594. The lowest BCUT2D eigenvalue weighted by Crippen LogP contribution is -2.49. The summed E-state index contributed by atoms with van der Waals surface area (Å²) < 4.78 is 5.61. The van der Waals surface area contributed by atoms with Gasteiger partial charge in [-0.2, -0.15) is 0 Å². The summed E-state index contributed by atoms with van der Waals surface area (Å²) in [6.07, 6.45) is 0.825. The summed E-state index contributed by atoms with van der Waals surface area (Å²) >= 11 is 1.61. The molecule has 0 saturated carbocycles. The molecule has 0 N–H and O–H groups in total. The van der Waals surface area contributed by atoms with Crippen molar-refractivity contribution in [2.45, 2.75) is 46.1 Å². The molecule has 3 aromatic rings. The lowest BCUT2D eigenvalue weighted by atomic mass is 9.80. The van der Waals surface area contributed by atoms with Crippen LogP contribution in [-0.4, -0.2) is 36.4 Å². The Kier molecular flexibility index (Phi) is 7.91. The zero-order valence-corrected chi connectivity index (χ0v) is 21.8. The molecule has 2 heterocycles. The summed E-state index contributed by atoms with van der Waals surface area (Å²) in [5.41, 5.74) is 2.28. The van der Waals surface area contributed by atoms with Crippen molar-refractivity contribution in [1.29, 1.82) is 0 Å². The molecule has 2 aromatic carbocycles. The number of carbonyl (C=O) groups is 2. The topological polar surface area (TPSA) is 49.9 Å². The van der Waals surface area contributed by atoms with Crippen LogP contribution in [0.3, 0.4) is 0 Å². The molecule has 5 nitrogen and oxygen atoms in total. The fourth-order valence-corrected chi connectivity index (χ4v) is 5.75. The lowest BCUT2D eigenvalue weighted by Gasteiger charge is -2.43. The van der Waals surface area contributed by atoms with E-state index in [4.69, 9.17) is 4.74 Å². The van der Waals surface area contributed by atoms with Gasteiger partial charge < -0.3 is 14.5 Å². The zero-order chi connectivity index (χ0) is 24.9. The second-order valence-electron chi connectivity index (χ2n) is 9.29. The van der Waals surface area contributed by atoms with Crippen molar-refractivity contribution in [2.75, 3.05) is 24.6 Å². The third kappa shape index (κ3) is 5.13. The minimum Gasteiger partial charge on any atom is -0.494 e. The van der Waals surface area contributed by atoms with Crippen LogP contribution < -0.4 is 9.64 Å². The second kappa shape index (κ2) is 11.1. The molecular formula is C29H34N2O3S. The van der Waals surface area contributed by atoms with Crippen molar-refractivity contribution in [3.63, 3.8) is 0 Å². The molecule has 2 atom stereocenters. The van der Waals surface area contributed by atoms with E-state index in [1.807, 2.05) is 82.8 Å². The van der Waals surface area contributed by atoms with E-state index >= 15 is 0 Å². The molecule has 35 heavy (non-hydrogen) atoms. The van der Waals surface area contributed by atoms with Crippen molar-refractivity contribution in [3.05, 3.63) is 82.0 Å². The molecule has 4 rings (SSSR count). The number of hydrogen-bond donors (Lipinski definition) is 0. The number of amides is 2. The number of rotatable bonds is 9. The maximum atomic E-state index is 14.5. The van der Waals surface area contributed by atoms with Gasteiger partial charge in [-0.1, -0.05) is 45.0 Å². The van der Waals surface area contributed by atoms with Crippen LogP contribution in [0.15, 0.2) is 66.0 Å². The lowest BCUT2D eigenvalue weighted by molar-refractivity contribution is -0.121. The summed E-state index contributed by atoms with van der Waals surface area (Å²) in [5, 5.41) is 2.02. The Morgan fingerprint density at radius 3 is 2.43 bits per heavy atom. The summed E-state index contributed by atoms with van der Waals surface area (Å²) in [6.45, 7) is 10.0. The highest BCUT2D eigenvalue weighted by molar-refractivity contribution is 7.10. The molecule has 1 aromatic heterocycles. The van der Waals surface area contributed by atoms with Crippen molar-refractivity contribution >= 4 is 28.8 Å².